The van der Waals surface area contributed by atoms with Gasteiger partial charge in [-0.3, -0.25) is 14.5 Å². The summed E-state index contributed by atoms with van der Waals surface area (Å²) >= 11 is 12.8. The van der Waals surface area contributed by atoms with E-state index in [4.69, 9.17) is 37.4 Å². The van der Waals surface area contributed by atoms with E-state index in [2.05, 4.69) is 0 Å². The molecule has 1 heterocycles. The Morgan fingerprint density at radius 3 is 2.44 bits per heavy atom. The second-order valence-corrected chi connectivity index (χ2v) is 9.26. The number of benzene rings is 3. The number of hydrogen-bond donors (Lipinski definition) is 0. The average molecular weight is 544 g/mol. The molecule has 2 amide bonds. The number of amides is 2. The van der Waals surface area contributed by atoms with Crippen LogP contribution in [-0.4, -0.2) is 42.3 Å². The summed E-state index contributed by atoms with van der Waals surface area (Å²) in [6.07, 6.45) is 1.58. The maximum absolute atomic E-state index is 12.8. The van der Waals surface area contributed by atoms with Crippen molar-refractivity contribution in [3.05, 3.63) is 92.8 Å². The molecule has 0 atom stereocenters. The Bertz CT molecular complexity index is 1340. The fourth-order valence-electron chi connectivity index (χ4n) is 3.26. The van der Waals surface area contributed by atoms with E-state index < -0.39 is 17.1 Å². The zero-order valence-electron chi connectivity index (χ0n) is 18.9. The molecule has 0 radical (unpaired) electrons. The van der Waals surface area contributed by atoms with Crippen molar-refractivity contribution in [2.24, 2.45) is 0 Å². The highest BCUT2D eigenvalue weighted by molar-refractivity contribution is 8.18. The Balaban J connectivity index is 1.43. The van der Waals surface area contributed by atoms with E-state index >= 15 is 0 Å². The maximum Gasteiger partial charge on any atom is 0.343 e. The predicted octanol–water partition coefficient (Wildman–Crippen LogP) is 6.34. The number of carbonyl (C=O) groups excluding carboxylic acids is 3. The van der Waals surface area contributed by atoms with Gasteiger partial charge < -0.3 is 14.2 Å². The highest BCUT2D eigenvalue weighted by Gasteiger charge is 2.34. The molecular weight excluding hydrogens is 525 g/mol. The van der Waals surface area contributed by atoms with Gasteiger partial charge in [-0.15, -0.1) is 0 Å². The van der Waals surface area contributed by atoms with Gasteiger partial charge in [-0.1, -0.05) is 41.4 Å². The molecule has 0 spiro atoms. The van der Waals surface area contributed by atoms with Crippen LogP contribution in [0.1, 0.15) is 15.9 Å². The molecular formula is C26H19Cl2NO6S. The van der Waals surface area contributed by atoms with Crippen molar-refractivity contribution in [3.63, 3.8) is 0 Å². The first-order valence-electron chi connectivity index (χ1n) is 10.6. The number of para-hydroxylation sites is 1. The van der Waals surface area contributed by atoms with Crippen molar-refractivity contribution in [1.29, 1.82) is 0 Å². The molecule has 0 saturated carbocycles. The Kier molecular flexibility index (Phi) is 8.20. The van der Waals surface area contributed by atoms with Gasteiger partial charge in [-0.05, 0) is 71.9 Å². The highest BCUT2D eigenvalue weighted by Crippen LogP contribution is 2.35. The minimum atomic E-state index is -0.571. The summed E-state index contributed by atoms with van der Waals surface area (Å²) in [4.78, 5) is 39.0. The third kappa shape index (κ3) is 6.02. The van der Waals surface area contributed by atoms with Gasteiger partial charge in [-0.2, -0.15) is 0 Å². The van der Waals surface area contributed by atoms with Gasteiger partial charge in [0, 0.05) is 5.02 Å². The Hall–Kier alpha value is -3.46. The van der Waals surface area contributed by atoms with Crippen LogP contribution < -0.4 is 14.2 Å². The number of hydrogen-bond acceptors (Lipinski definition) is 7. The zero-order chi connectivity index (χ0) is 25.7. The van der Waals surface area contributed by atoms with Gasteiger partial charge in [0.25, 0.3) is 11.1 Å². The van der Waals surface area contributed by atoms with Gasteiger partial charge in [0.2, 0.25) is 0 Å². The van der Waals surface area contributed by atoms with Crippen molar-refractivity contribution >= 4 is 58.2 Å². The van der Waals surface area contributed by atoms with E-state index in [1.165, 1.54) is 7.11 Å². The molecule has 1 aliphatic rings. The Morgan fingerprint density at radius 1 is 0.972 bits per heavy atom. The van der Waals surface area contributed by atoms with Gasteiger partial charge in [0.1, 0.15) is 12.4 Å². The third-order valence-electron chi connectivity index (χ3n) is 5.05. The topological polar surface area (TPSA) is 82.1 Å². The number of methoxy groups -OCH3 is 1. The molecule has 10 heteroatoms. The number of rotatable bonds is 8. The summed E-state index contributed by atoms with van der Waals surface area (Å²) in [5, 5.41) is 0.559. The molecule has 7 nitrogen and oxygen atoms in total. The summed E-state index contributed by atoms with van der Waals surface area (Å²) in [7, 11) is 1.44. The largest absolute Gasteiger partial charge is 0.493 e. The van der Waals surface area contributed by atoms with Crippen molar-refractivity contribution in [2.45, 2.75) is 0 Å². The standard InChI is InChI=1S/C26H19Cl2NO6S/c1-33-22-14-16(6-11-21(22)35-25(31)17-7-9-18(27)10-8-17)15-23-24(30)29(26(32)36-23)12-13-34-20-5-3-2-4-19(20)28/h2-11,14-15H,12-13H2,1H3/b23-15-. The number of thioether (sulfide) groups is 1. The Morgan fingerprint density at radius 2 is 1.72 bits per heavy atom. The number of ether oxygens (including phenoxy) is 3. The lowest BCUT2D eigenvalue weighted by Gasteiger charge is -2.13. The van der Waals surface area contributed by atoms with E-state index in [0.717, 1.165) is 16.7 Å². The first kappa shape index (κ1) is 25.6. The first-order valence-corrected chi connectivity index (χ1v) is 12.2. The minimum Gasteiger partial charge on any atom is -0.493 e. The summed E-state index contributed by atoms with van der Waals surface area (Å²) in [5.41, 5.74) is 0.925. The van der Waals surface area contributed by atoms with Crippen LogP contribution in [0.5, 0.6) is 17.2 Å². The molecule has 184 valence electrons. The lowest BCUT2D eigenvalue weighted by molar-refractivity contribution is -0.123. The van der Waals surface area contributed by atoms with Gasteiger partial charge in [0.05, 0.1) is 29.1 Å². The van der Waals surface area contributed by atoms with Crippen LogP contribution in [0.4, 0.5) is 4.79 Å². The van der Waals surface area contributed by atoms with Crippen LogP contribution in [0.25, 0.3) is 6.08 Å². The van der Waals surface area contributed by atoms with Crippen LogP contribution in [0.3, 0.4) is 0 Å². The second-order valence-electron chi connectivity index (χ2n) is 7.42. The predicted molar refractivity (Wildman–Crippen MR) is 139 cm³/mol. The SMILES string of the molecule is COc1cc(/C=C2\SC(=O)N(CCOc3ccccc3Cl)C2=O)ccc1OC(=O)c1ccc(Cl)cc1. The van der Waals surface area contributed by atoms with E-state index in [1.54, 1.807) is 72.8 Å². The molecule has 1 aliphatic heterocycles. The van der Waals surface area contributed by atoms with E-state index in [0.29, 0.717) is 32.7 Å². The van der Waals surface area contributed by atoms with Gasteiger partial charge in [0.15, 0.2) is 11.5 Å². The molecule has 1 fully saturated rings. The van der Waals surface area contributed by atoms with Crippen LogP contribution in [0.15, 0.2) is 71.6 Å². The maximum atomic E-state index is 12.8. The van der Waals surface area contributed by atoms with Gasteiger partial charge >= 0.3 is 5.97 Å². The van der Waals surface area contributed by atoms with Crippen LogP contribution in [0, 0.1) is 0 Å². The summed E-state index contributed by atoms with van der Waals surface area (Å²) in [5.74, 6) is -0.0219. The zero-order valence-corrected chi connectivity index (χ0v) is 21.2. The summed E-state index contributed by atoms with van der Waals surface area (Å²) in [6.45, 7) is 0.187. The van der Waals surface area contributed by atoms with Crippen LogP contribution >= 0.6 is 35.0 Å². The van der Waals surface area contributed by atoms with Crippen molar-refractivity contribution in [1.82, 2.24) is 4.90 Å². The molecule has 3 aromatic carbocycles. The lowest BCUT2D eigenvalue weighted by atomic mass is 10.1. The number of nitrogens with zero attached hydrogens (tertiary/aromatic N) is 1. The van der Waals surface area contributed by atoms with Crippen molar-refractivity contribution in [2.75, 3.05) is 20.3 Å². The number of halogens is 2. The fourth-order valence-corrected chi connectivity index (χ4v) is 4.44. The summed E-state index contributed by atoms with van der Waals surface area (Å²) in [6, 6.07) is 18.1. The van der Waals surface area contributed by atoms with E-state index in [-0.39, 0.29) is 23.8 Å². The molecule has 0 aromatic heterocycles. The van der Waals surface area contributed by atoms with E-state index in [9.17, 15) is 14.4 Å². The first-order chi connectivity index (χ1) is 17.4. The number of imide groups is 1. The molecule has 0 aliphatic carbocycles. The molecule has 4 rings (SSSR count). The van der Waals surface area contributed by atoms with Gasteiger partial charge in [-0.25, -0.2) is 4.79 Å². The average Bonchev–Trinajstić information content (AvgIpc) is 3.13. The third-order valence-corrected chi connectivity index (χ3v) is 6.52. The Labute approximate surface area is 221 Å². The van der Waals surface area contributed by atoms with Crippen molar-refractivity contribution < 1.29 is 28.6 Å². The second kappa shape index (κ2) is 11.5. The van der Waals surface area contributed by atoms with Crippen LogP contribution in [-0.2, 0) is 4.79 Å². The molecule has 0 bridgehead atoms. The fraction of sp³-hybridized carbons (Fsp3) is 0.115. The molecule has 0 N–H and O–H groups in total. The smallest absolute Gasteiger partial charge is 0.343 e. The van der Waals surface area contributed by atoms with Crippen LogP contribution in [0.2, 0.25) is 10.0 Å². The summed E-state index contributed by atoms with van der Waals surface area (Å²) < 4.78 is 16.4. The molecule has 1 saturated heterocycles. The quantitative estimate of drug-likeness (QED) is 0.186. The normalized spacial score (nSPS) is 14.3. The van der Waals surface area contributed by atoms with Crippen molar-refractivity contribution in [3.8, 4) is 17.2 Å². The molecule has 0 unspecified atom stereocenters. The number of esters is 1. The minimum absolute atomic E-state index is 0.0795. The lowest BCUT2D eigenvalue weighted by Crippen LogP contribution is -2.32. The number of carbonyl (C=O) groups is 3. The molecule has 3 aromatic rings. The monoisotopic (exact) mass is 543 g/mol. The van der Waals surface area contributed by atoms with E-state index in [1.807, 2.05) is 0 Å². The molecule has 36 heavy (non-hydrogen) atoms. The highest BCUT2D eigenvalue weighted by atomic mass is 35.5.